The van der Waals surface area contributed by atoms with Crippen LogP contribution in [0.15, 0.2) is 18.2 Å². The van der Waals surface area contributed by atoms with E-state index in [1.165, 1.54) is 13.0 Å². The molecule has 0 atom stereocenters. The maximum Gasteiger partial charge on any atom is 0.387 e. The van der Waals surface area contributed by atoms with Crippen LogP contribution in [0.5, 0.6) is 5.75 Å². The zero-order chi connectivity index (χ0) is 11.4. The number of hydrogen-bond acceptors (Lipinski definition) is 2. The zero-order valence-electron chi connectivity index (χ0n) is 8.59. The molecule has 0 radical (unpaired) electrons. The summed E-state index contributed by atoms with van der Waals surface area (Å²) in [5.74, 6) is -0.275. The quantitative estimate of drug-likeness (QED) is 0.720. The van der Waals surface area contributed by atoms with Crippen molar-refractivity contribution in [1.29, 1.82) is 0 Å². The number of hydrogen-bond donors (Lipinski definition) is 0. The Balaban J connectivity index is 3.20. The fraction of sp³-hybridized carbons (Fsp3) is 0.364. The van der Waals surface area contributed by atoms with Gasteiger partial charge in [0, 0.05) is 0 Å². The van der Waals surface area contributed by atoms with Crippen molar-refractivity contribution in [3.63, 3.8) is 0 Å². The molecule has 0 spiro atoms. The Morgan fingerprint density at radius 3 is 2.60 bits per heavy atom. The van der Waals surface area contributed by atoms with Gasteiger partial charge in [-0.25, -0.2) is 0 Å². The molecule has 0 heterocycles. The molecule has 0 N–H and O–H groups in total. The number of ether oxygens (including phenoxy) is 1. The highest BCUT2D eigenvalue weighted by Gasteiger charge is 2.15. The first-order valence-electron chi connectivity index (χ1n) is 4.64. The van der Waals surface area contributed by atoms with Crippen LogP contribution >= 0.6 is 0 Å². The van der Waals surface area contributed by atoms with Crippen LogP contribution < -0.4 is 4.74 Å². The van der Waals surface area contributed by atoms with Gasteiger partial charge in [0.15, 0.2) is 5.78 Å². The molecule has 0 aromatic heterocycles. The van der Waals surface area contributed by atoms with Crippen LogP contribution in [-0.4, -0.2) is 12.4 Å². The van der Waals surface area contributed by atoms with Gasteiger partial charge in [-0.3, -0.25) is 4.79 Å². The molecule has 4 heteroatoms. The number of benzene rings is 1. The van der Waals surface area contributed by atoms with Gasteiger partial charge in [-0.1, -0.05) is 19.1 Å². The second-order valence-electron chi connectivity index (χ2n) is 3.08. The van der Waals surface area contributed by atoms with Gasteiger partial charge in [0.05, 0.1) is 5.56 Å². The average molecular weight is 214 g/mol. The van der Waals surface area contributed by atoms with Crippen molar-refractivity contribution in [2.75, 3.05) is 0 Å². The average Bonchev–Trinajstić information content (AvgIpc) is 2.16. The normalized spacial score (nSPS) is 10.5. The number of para-hydroxylation sites is 1. The van der Waals surface area contributed by atoms with Gasteiger partial charge in [0.1, 0.15) is 5.75 Å². The van der Waals surface area contributed by atoms with Crippen molar-refractivity contribution < 1.29 is 18.3 Å². The molecule has 0 aliphatic carbocycles. The van der Waals surface area contributed by atoms with Crippen LogP contribution in [0.4, 0.5) is 8.78 Å². The maximum atomic E-state index is 12.1. The molecule has 0 bridgehead atoms. The standard InChI is InChI=1S/C11H12F2O2/c1-3-8-5-4-6-9(7(2)14)10(8)15-11(12)13/h4-6,11H,3H2,1-2H3. The second-order valence-corrected chi connectivity index (χ2v) is 3.08. The van der Waals surface area contributed by atoms with Gasteiger partial charge in [-0.05, 0) is 25.0 Å². The lowest BCUT2D eigenvalue weighted by Crippen LogP contribution is -2.08. The van der Waals surface area contributed by atoms with Crippen LogP contribution in [0.25, 0.3) is 0 Å². The largest absolute Gasteiger partial charge is 0.434 e. The highest BCUT2D eigenvalue weighted by atomic mass is 19.3. The van der Waals surface area contributed by atoms with E-state index in [9.17, 15) is 13.6 Å². The molecule has 15 heavy (non-hydrogen) atoms. The Morgan fingerprint density at radius 2 is 2.13 bits per heavy atom. The van der Waals surface area contributed by atoms with E-state index in [2.05, 4.69) is 4.74 Å². The van der Waals surface area contributed by atoms with Gasteiger partial charge in [0.2, 0.25) is 0 Å². The maximum absolute atomic E-state index is 12.1. The Hall–Kier alpha value is -1.45. The third-order valence-corrected chi connectivity index (χ3v) is 2.06. The van der Waals surface area contributed by atoms with E-state index in [4.69, 9.17) is 0 Å². The fourth-order valence-corrected chi connectivity index (χ4v) is 1.37. The van der Waals surface area contributed by atoms with E-state index >= 15 is 0 Å². The van der Waals surface area contributed by atoms with Gasteiger partial charge in [-0.15, -0.1) is 0 Å². The number of alkyl halides is 2. The molecule has 0 unspecified atom stereocenters. The predicted octanol–water partition coefficient (Wildman–Crippen LogP) is 3.05. The minimum atomic E-state index is -2.91. The van der Waals surface area contributed by atoms with Crippen LogP contribution in [0.2, 0.25) is 0 Å². The molecule has 2 nitrogen and oxygen atoms in total. The molecule has 0 saturated heterocycles. The third-order valence-electron chi connectivity index (χ3n) is 2.06. The lowest BCUT2D eigenvalue weighted by Gasteiger charge is -2.12. The summed E-state index contributed by atoms with van der Waals surface area (Å²) in [5, 5.41) is 0. The van der Waals surface area contributed by atoms with Gasteiger partial charge in [0.25, 0.3) is 0 Å². The fourth-order valence-electron chi connectivity index (χ4n) is 1.37. The smallest absolute Gasteiger partial charge is 0.387 e. The molecule has 0 fully saturated rings. The summed E-state index contributed by atoms with van der Waals surface area (Å²) in [6, 6.07) is 4.82. The molecular weight excluding hydrogens is 202 g/mol. The highest BCUT2D eigenvalue weighted by Crippen LogP contribution is 2.26. The predicted molar refractivity (Wildman–Crippen MR) is 52.5 cm³/mol. The van der Waals surface area contributed by atoms with E-state index in [1.807, 2.05) is 6.92 Å². The Morgan fingerprint density at radius 1 is 1.47 bits per heavy atom. The van der Waals surface area contributed by atoms with E-state index in [-0.39, 0.29) is 17.1 Å². The number of aryl methyl sites for hydroxylation is 1. The summed E-state index contributed by atoms with van der Waals surface area (Å²) >= 11 is 0. The topological polar surface area (TPSA) is 26.3 Å². The van der Waals surface area contributed by atoms with E-state index in [0.29, 0.717) is 12.0 Å². The molecule has 1 rings (SSSR count). The lowest BCUT2D eigenvalue weighted by molar-refractivity contribution is -0.0507. The second kappa shape index (κ2) is 4.87. The molecule has 1 aromatic carbocycles. The first-order valence-corrected chi connectivity index (χ1v) is 4.64. The number of halogens is 2. The zero-order valence-corrected chi connectivity index (χ0v) is 8.59. The summed E-state index contributed by atoms with van der Waals surface area (Å²) in [6.45, 7) is 0.237. The third kappa shape index (κ3) is 2.75. The molecule has 0 aliphatic heterocycles. The van der Waals surface area contributed by atoms with Gasteiger partial charge in [-0.2, -0.15) is 8.78 Å². The van der Waals surface area contributed by atoms with Crippen LogP contribution in [0.3, 0.4) is 0 Å². The molecule has 0 amide bonds. The number of rotatable bonds is 4. The molecule has 0 saturated carbocycles. The minimum Gasteiger partial charge on any atom is -0.434 e. The molecule has 1 aromatic rings. The van der Waals surface area contributed by atoms with Gasteiger partial charge < -0.3 is 4.74 Å². The van der Waals surface area contributed by atoms with Crippen molar-refractivity contribution in [3.05, 3.63) is 29.3 Å². The number of carbonyl (C=O) groups is 1. The van der Waals surface area contributed by atoms with E-state index < -0.39 is 6.61 Å². The number of carbonyl (C=O) groups excluding carboxylic acids is 1. The van der Waals surface area contributed by atoms with Crippen molar-refractivity contribution in [1.82, 2.24) is 0 Å². The van der Waals surface area contributed by atoms with E-state index in [1.54, 1.807) is 12.1 Å². The molecular formula is C11H12F2O2. The molecule has 82 valence electrons. The first kappa shape index (κ1) is 11.6. The summed E-state index contributed by atoms with van der Waals surface area (Å²) in [5.41, 5.74) is 0.817. The summed E-state index contributed by atoms with van der Waals surface area (Å²) in [6.07, 6.45) is 0.545. The summed E-state index contributed by atoms with van der Waals surface area (Å²) in [7, 11) is 0. The van der Waals surface area contributed by atoms with Gasteiger partial charge >= 0.3 is 6.61 Å². The lowest BCUT2D eigenvalue weighted by atomic mass is 10.0. The van der Waals surface area contributed by atoms with Crippen molar-refractivity contribution in [3.8, 4) is 5.75 Å². The highest BCUT2D eigenvalue weighted by molar-refractivity contribution is 5.97. The monoisotopic (exact) mass is 214 g/mol. The Bertz CT molecular complexity index is 362. The Kier molecular flexibility index (Phi) is 3.77. The first-order chi connectivity index (χ1) is 7.06. The summed E-state index contributed by atoms with van der Waals surface area (Å²) < 4.78 is 28.7. The number of ketones is 1. The number of Topliss-reactive ketones (excluding diaryl/α,β-unsaturated/α-hetero) is 1. The SMILES string of the molecule is CCc1cccc(C(C)=O)c1OC(F)F. The van der Waals surface area contributed by atoms with Crippen molar-refractivity contribution in [2.45, 2.75) is 26.9 Å². The van der Waals surface area contributed by atoms with Crippen molar-refractivity contribution >= 4 is 5.78 Å². The Labute approximate surface area is 86.9 Å². The van der Waals surface area contributed by atoms with Crippen LogP contribution in [0.1, 0.15) is 29.8 Å². The van der Waals surface area contributed by atoms with E-state index in [0.717, 1.165) is 0 Å². The molecule has 0 aliphatic rings. The van der Waals surface area contributed by atoms with Crippen LogP contribution in [0, 0.1) is 0 Å². The minimum absolute atomic E-state index is 0.00231. The van der Waals surface area contributed by atoms with Crippen molar-refractivity contribution in [2.24, 2.45) is 0 Å². The summed E-state index contributed by atoms with van der Waals surface area (Å²) in [4.78, 5) is 11.2. The van der Waals surface area contributed by atoms with Crippen LogP contribution in [-0.2, 0) is 6.42 Å².